The van der Waals surface area contributed by atoms with Crippen LogP contribution in [-0.2, 0) is 4.79 Å². The number of aliphatic hydroxyl groups excluding tert-OH is 1. The Balaban J connectivity index is 2.31. The van der Waals surface area contributed by atoms with Crippen molar-refractivity contribution in [1.29, 1.82) is 0 Å². The molecule has 0 aromatic heterocycles. The summed E-state index contributed by atoms with van der Waals surface area (Å²) in [5.41, 5.74) is 2.36. The fraction of sp³-hybridized carbons (Fsp3) is 0.462. The molecule has 2 rings (SSSR count). The number of aliphatic hydroxyl groups is 1. The molecule has 1 fully saturated rings. The number of nitrogens with zero attached hydrogens (tertiary/aromatic N) is 1. The first kappa shape index (κ1) is 12.5. The number of benzene rings is 1. The van der Waals surface area contributed by atoms with Gasteiger partial charge < -0.3 is 10.0 Å². The van der Waals surface area contributed by atoms with Crippen LogP contribution in [0.5, 0.6) is 0 Å². The maximum atomic E-state index is 12.0. The first-order chi connectivity index (χ1) is 8.15. The average Bonchev–Trinajstić information content (AvgIpc) is 2.58. The molecule has 0 spiro atoms. The Morgan fingerprint density at radius 2 is 2.12 bits per heavy atom. The Kier molecular flexibility index (Phi) is 3.74. The number of β-amino-alcohol motifs (C(OH)–C–C–N with tert-alkyl or cyclic N) is 1. The van der Waals surface area contributed by atoms with Gasteiger partial charge in [0.15, 0.2) is 0 Å². The SMILES string of the molecule is Cc1ccccc1[C@H]1S[C@H](C)C(=O)N1CCO. The molecule has 1 aromatic rings. The van der Waals surface area contributed by atoms with Crippen molar-refractivity contribution in [3.05, 3.63) is 35.4 Å². The summed E-state index contributed by atoms with van der Waals surface area (Å²) in [6.45, 7) is 4.41. The lowest BCUT2D eigenvalue weighted by atomic mass is 10.1. The van der Waals surface area contributed by atoms with Gasteiger partial charge >= 0.3 is 0 Å². The van der Waals surface area contributed by atoms with Gasteiger partial charge in [0.1, 0.15) is 5.37 Å². The predicted octanol–water partition coefficient (Wildman–Crippen LogP) is 1.95. The zero-order chi connectivity index (χ0) is 12.4. The summed E-state index contributed by atoms with van der Waals surface area (Å²) in [6.07, 6.45) is 0. The normalized spacial score (nSPS) is 24.4. The molecular weight excluding hydrogens is 234 g/mol. The molecule has 1 N–H and O–H groups in total. The molecule has 1 amide bonds. The molecule has 1 aromatic carbocycles. The van der Waals surface area contributed by atoms with Crippen molar-refractivity contribution >= 4 is 17.7 Å². The molecule has 1 heterocycles. The minimum absolute atomic E-state index is 0.0153. The highest BCUT2D eigenvalue weighted by molar-refractivity contribution is 8.01. The van der Waals surface area contributed by atoms with Crippen LogP contribution in [0.3, 0.4) is 0 Å². The van der Waals surface area contributed by atoms with Crippen molar-refractivity contribution in [3.63, 3.8) is 0 Å². The molecule has 0 saturated carbocycles. The van der Waals surface area contributed by atoms with Gasteiger partial charge in [-0.25, -0.2) is 0 Å². The third-order valence-corrected chi connectivity index (χ3v) is 4.42. The minimum atomic E-state index is -0.0221. The van der Waals surface area contributed by atoms with Crippen LogP contribution in [0.2, 0.25) is 0 Å². The maximum Gasteiger partial charge on any atom is 0.236 e. The van der Waals surface area contributed by atoms with Gasteiger partial charge in [-0.3, -0.25) is 4.79 Å². The Morgan fingerprint density at radius 1 is 1.41 bits per heavy atom. The van der Waals surface area contributed by atoms with Gasteiger partial charge in [0.2, 0.25) is 5.91 Å². The van der Waals surface area contributed by atoms with E-state index in [9.17, 15) is 4.79 Å². The summed E-state index contributed by atoms with van der Waals surface area (Å²) in [6, 6.07) is 8.11. The van der Waals surface area contributed by atoms with Gasteiger partial charge in [0.25, 0.3) is 0 Å². The number of amides is 1. The summed E-state index contributed by atoms with van der Waals surface area (Å²) in [4.78, 5) is 13.8. The van der Waals surface area contributed by atoms with E-state index in [-0.39, 0.29) is 23.1 Å². The van der Waals surface area contributed by atoms with Crippen molar-refractivity contribution < 1.29 is 9.90 Å². The zero-order valence-electron chi connectivity index (χ0n) is 10.1. The number of aryl methyl sites for hydroxylation is 1. The average molecular weight is 251 g/mol. The standard InChI is InChI=1S/C13H17NO2S/c1-9-5-3-4-6-11(9)13-14(7-8-15)12(16)10(2)17-13/h3-6,10,13,15H,7-8H2,1-2H3/t10-,13-/m1/s1. The molecule has 17 heavy (non-hydrogen) atoms. The number of hydrogen-bond acceptors (Lipinski definition) is 3. The number of carbonyl (C=O) groups excluding carboxylic acids is 1. The quantitative estimate of drug-likeness (QED) is 0.892. The Hall–Kier alpha value is -1.00. The van der Waals surface area contributed by atoms with Crippen molar-refractivity contribution in [2.24, 2.45) is 0 Å². The summed E-state index contributed by atoms with van der Waals surface area (Å²) < 4.78 is 0. The van der Waals surface area contributed by atoms with E-state index >= 15 is 0 Å². The summed E-state index contributed by atoms with van der Waals surface area (Å²) in [5, 5.41) is 9.09. The van der Waals surface area contributed by atoms with Gasteiger partial charge in [0, 0.05) is 6.54 Å². The molecule has 1 aliphatic rings. The lowest BCUT2D eigenvalue weighted by Gasteiger charge is -2.24. The second-order valence-electron chi connectivity index (χ2n) is 4.24. The fourth-order valence-electron chi connectivity index (χ4n) is 2.11. The summed E-state index contributed by atoms with van der Waals surface area (Å²) in [5.74, 6) is 0.123. The van der Waals surface area contributed by atoms with Gasteiger partial charge in [-0.1, -0.05) is 24.3 Å². The topological polar surface area (TPSA) is 40.5 Å². The molecule has 3 nitrogen and oxygen atoms in total. The van der Waals surface area contributed by atoms with E-state index in [1.165, 1.54) is 11.1 Å². The first-order valence-electron chi connectivity index (χ1n) is 5.77. The Bertz CT molecular complexity index is 422. The zero-order valence-corrected chi connectivity index (χ0v) is 10.9. The van der Waals surface area contributed by atoms with Crippen LogP contribution in [0.4, 0.5) is 0 Å². The monoisotopic (exact) mass is 251 g/mol. The lowest BCUT2D eigenvalue weighted by Crippen LogP contribution is -2.32. The third kappa shape index (κ3) is 2.33. The van der Waals surface area contributed by atoms with E-state index in [0.717, 1.165) is 0 Å². The van der Waals surface area contributed by atoms with E-state index in [0.29, 0.717) is 6.54 Å². The molecule has 0 unspecified atom stereocenters. The van der Waals surface area contributed by atoms with Crippen molar-refractivity contribution in [1.82, 2.24) is 4.90 Å². The highest BCUT2D eigenvalue weighted by atomic mass is 32.2. The molecule has 1 aliphatic heterocycles. The van der Waals surface area contributed by atoms with Crippen LogP contribution < -0.4 is 0 Å². The largest absolute Gasteiger partial charge is 0.395 e. The van der Waals surface area contributed by atoms with Crippen molar-refractivity contribution in [2.75, 3.05) is 13.2 Å². The molecule has 92 valence electrons. The minimum Gasteiger partial charge on any atom is -0.395 e. The lowest BCUT2D eigenvalue weighted by molar-refractivity contribution is -0.130. The number of hydrogen-bond donors (Lipinski definition) is 1. The van der Waals surface area contributed by atoms with E-state index in [2.05, 4.69) is 19.1 Å². The first-order valence-corrected chi connectivity index (χ1v) is 6.71. The molecule has 0 radical (unpaired) electrons. The summed E-state index contributed by atoms with van der Waals surface area (Å²) >= 11 is 1.65. The Morgan fingerprint density at radius 3 is 2.76 bits per heavy atom. The molecule has 2 atom stereocenters. The van der Waals surface area contributed by atoms with Crippen LogP contribution in [0.25, 0.3) is 0 Å². The third-order valence-electron chi connectivity index (χ3n) is 3.04. The van der Waals surface area contributed by atoms with Gasteiger partial charge in [-0.15, -0.1) is 11.8 Å². The Labute approximate surface area is 106 Å². The summed E-state index contributed by atoms with van der Waals surface area (Å²) in [7, 11) is 0. The van der Waals surface area contributed by atoms with E-state index in [1.54, 1.807) is 16.7 Å². The van der Waals surface area contributed by atoms with Crippen LogP contribution in [0, 0.1) is 6.92 Å². The van der Waals surface area contributed by atoms with Gasteiger partial charge in [-0.2, -0.15) is 0 Å². The van der Waals surface area contributed by atoms with E-state index < -0.39 is 0 Å². The van der Waals surface area contributed by atoms with Crippen LogP contribution in [-0.4, -0.2) is 34.3 Å². The molecule has 4 heteroatoms. The molecule has 0 aliphatic carbocycles. The highest BCUT2D eigenvalue weighted by Gasteiger charge is 2.38. The highest BCUT2D eigenvalue weighted by Crippen LogP contribution is 2.43. The maximum absolute atomic E-state index is 12.0. The van der Waals surface area contributed by atoms with Crippen molar-refractivity contribution in [2.45, 2.75) is 24.5 Å². The molecule has 1 saturated heterocycles. The fourth-order valence-corrected chi connectivity index (χ4v) is 3.52. The van der Waals surface area contributed by atoms with Crippen LogP contribution in [0.15, 0.2) is 24.3 Å². The molecule has 0 bridgehead atoms. The second kappa shape index (κ2) is 5.10. The number of thioether (sulfide) groups is 1. The van der Waals surface area contributed by atoms with E-state index in [4.69, 9.17) is 5.11 Å². The van der Waals surface area contributed by atoms with Crippen LogP contribution in [0.1, 0.15) is 23.4 Å². The van der Waals surface area contributed by atoms with Gasteiger partial charge in [-0.05, 0) is 25.0 Å². The van der Waals surface area contributed by atoms with Crippen molar-refractivity contribution in [3.8, 4) is 0 Å². The number of carbonyl (C=O) groups is 1. The second-order valence-corrected chi connectivity index (χ2v) is 5.67. The predicted molar refractivity (Wildman–Crippen MR) is 69.8 cm³/mol. The number of rotatable bonds is 3. The van der Waals surface area contributed by atoms with E-state index in [1.807, 2.05) is 19.1 Å². The van der Waals surface area contributed by atoms with Crippen LogP contribution >= 0.6 is 11.8 Å². The smallest absolute Gasteiger partial charge is 0.236 e. The van der Waals surface area contributed by atoms with Gasteiger partial charge in [0.05, 0.1) is 11.9 Å². The molecular formula is C13H17NO2S.